The van der Waals surface area contributed by atoms with Crippen LogP contribution in [0.2, 0.25) is 5.15 Å². The third-order valence-corrected chi connectivity index (χ3v) is 3.21. The summed E-state index contributed by atoms with van der Waals surface area (Å²) in [6, 6.07) is -0.128. The molecule has 0 aromatic carbocycles. The van der Waals surface area contributed by atoms with Crippen molar-refractivity contribution in [1.82, 2.24) is 10.3 Å². The SMILES string of the molecule is CSCCC(NC(=O)c1cc(F)cnc1Cl)C(=O)O. The minimum Gasteiger partial charge on any atom is -0.480 e. The number of thioether (sulfide) groups is 1. The van der Waals surface area contributed by atoms with Gasteiger partial charge in [0.15, 0.2) is 0 Å². The van der Waals surface area contributed by atoms with Gasteiger partial charge in [-0.2, -0.15) is 11.8 Å². The molecule has 104 valence electrons. The van der Waals surface area contributed by atoms with Crippen LogP contribution in [0.15, 0.2) is 12.3 Å². The summed E-state index contributed by atoms with van der Waals surface area (Å²) in [5.41, 5.74) is -0.183. The van der Waals surface area contributed by atoms with Gasteiger partial charge in [-0.25, -0.2) is 14.2 Å². The summed E-state index contributed by atoms with van der Waals surface area (Å²) < 4.78 is 13.0. The minimum atomic E-state index is -1.15. The highest BCUT2D eigenvalue weighted by Gasteiger charge is 2.22. The lowest BCUT2D eigenvalue weighted by Gasteiger charge is -2.14. The number of rotatable bonds is 6. The Morgan fingerprint density at radius 3 is 2.89 bits per heavy atom. The van der Waals surface area contributed by atoms with Gasteiger partial charge in [-0.1, -0.05) is 11.6 Å². The summed E-state index contributed by atoms with van der Waals surface area (Å²) in [6.07, 6.45) is 2.97. The van der Waals surface area contributed by atoms with Crippen LogP contribution in [0.25, 0.3) is 0 Å². The highest BCUT2D eigenvalue weighted by atomic mass is 35.5. The molecule has 0 saturated heterocycles. The van der Waals surface area contributed by atoms with Crippen LogP contribution < -0.4 is 5.32 Å². The highest BCUT2D eigenvalue weighted by molar-refractivity contribution is 7.98. The van der Waals surface area contributed by atoms with Crippen molar-refractivity contribution in [3.63, 3.8) is 0 Å². The fraction of sp³-hybridized carbons (Fsp3) is 0.364. The number of hydrogen-bond donors (Lipinski definition) is 2. The molecule has 0 aliphatic carbocycles. The van der Waals surface area contributed by atoms with Gasteiger partial charge < -0.3 is 10.4 Å². The maximum Gasteiger partial charge on any atom is 0.326 e. The Morgan fingerprint density at radius 2 is 2.32 bits per heavy atom. The predicted octanol–water partition coefficient (Wildman–Crippen LogP) is 1.81. The monoisotopic (exact) mass is 306 g/mol. The Balaban J connectivity index is 2.81. The van der Waals surface area contributed by atoms with Gasteiger partial charge in [0.25, 0.3) is 5.91 Å². The second-order valence-corrected chi connectivity index (χ2v) is 4.98. The molecule has 0 radical (unpaired) electrons. The maximum absolute atomic E-state index is 13.0. The number of carbonyl (C=O) groups excluding carboxylic acids is 1. The fourth-order valence-corrected chi connectivity index (χ4v) is 1.97. The van der Waals surface area contributed by atoms with E-state index in [4.69, 9.17) is 16.7 Å². The average Bonchev–Trinajstić information content (AvgIpc) is 2.36. The van der Waals surface area contributed by atoms with Crippen molar-refractivity contribution >= 4 is 35.2 Å². The van der Waals surface area contributed by atoms with Gasteiger partial charge in [0, 0.05) is 0 Å². The van der Waals surface area contributed by atoms with E-state index < -0.39 is 23.7 Å². The zero-order valence-corrected chi connectivity index (χ0v) is 11.6. The molecule has 1 aromatic heterocycles. The molecule has 1 amide bonds. The van der Waals surface area contributed by atoms with Crippen molar-refractivity contribution in [2.75, 3.05) is 12.0 Å². The van der Waals surface area contributed by atoms with Crippen molar-refractivity contribution in [1.29, 1.82) is 0 Å². The molecule has 5 nitrogen and oxygen atoms in total. The van der Waals surface area contributed by atoms with Gasteiger partial charge in [-0.3, -0.25) is 4.79 Å². The second-order valence-electron chi connectivity index (χ2n) is 3.64. The number of pyridine rings is 1. The number of nitrogens with zero attached hydrogens (tertiary/aromatic N) is 1. The summed E-state index contributed by atoms with van der Waals surface area (Å²) in [5.74, 6) is -2.05. The number of carboxylic acids is 1. The number of hydrogen-bond acceptors (Lipinski definition) is 4. The number of carboxylic acid groups (broad SMARTS) is 1. The lowest BCUT2D eigenvalue weighted by atomic mass is 10.2. The van der Waals surface area contributed by atoms with Crippen LogP contribution in [0.3, 0.4) is 0 Å². The van der Waals surface area contributed by atoms with Gasteiger partial charge in [0.2, 0.25) is 0 Å². The zero-order chi connectivity index (χ0) is 14.4. The van der Waals surface area contributed by atoms with Crippen molar-refractivity contribution in [3.05, 3.63) is 28.8 Å². The number of aliphatic carboxylic acids is 1. The minimum absolute atomic E-state index is 0.173. The topological polar surface area (TPSA) is 79.3 Å². The van der Waals surface area contributed by atoms with Crippen LogP contribution in [0.1, 0.15) is 16.8 Å². The number of nitrogens with one attached hydrogen (secondary N) is 1. The molecule has 0 aliphatic rings. The molecule has 0 spiro atoms. The number of halogens is 2. The van der Waals surface area contributed by atoms with E-state index in [-0.39, 0.29) is 17.1 Å². The van der Waals surface area contributed by atoms with E-state index >= 15 is 0 Å². The normalized spacial score (nSPS) is 11.9. The summed E-state index contributed by atoms with van der Waals surface area (Å²) in [5, 5.41) is 11.1. The maximum atomic E-state index is 13.0. The van der Waals surface area contributed by atoms with Crippen LogP contribution in [-0.2, 0) is 4.79 Å². The summed E-state index contributed by atoms with van der Waals surface area (Å²) in [6.45, 7) is 0. The first-order chi connectivity index (χ1) is 8.95. The number of amides is 1. The molecule has 8 heteroatoms. The lowest BCUT2D eigenvalue weighted by molar-refractivity contribution is -0.139. The molecule has 19 heavy (non-hydrogen) atoms. The smallest absolute Gasteiger partial charge is 0.326 e. The van der Waals surface area contributed by atoms with Gasteiger partial charge >= 0.3 is 5.97 Å². The number of aromatic nitrogens is 1. The molecule has 2 N–H and O–H groups in total. The van der Waals surface area contributed by atoms with E-state index in [0.29, 0.717) is 5.75 Å². The van der Waals surface area contributed by atoms with E-state index in [2.05, 4.69) is 10.3 Å². The van der Waals surface area contributed by atoms with E-state index in [1.54, 1.807) is 0 Å². The molecule has 1 atom stereocenters. The molecule has 0 bridgehead atoms. The summed E-state index contributed by atoms with van der Waals surface area (Å²) >= 11 is 7.13. The van der Waals surface area contributed by atoms with Crippen molar-refractivity contribution in [2.45, 2.75) is 12.5 Å². The van der Waals surface area contributed by atoms with Crippen molar-refractivity contribution in [3.8, 4) is 0 Å². The van der Waals surface area contributed by atoms with Crippen LogP contribution in [0.4, 0.5) is 4.39 Å². The molecule has 1 heterocycles. The summed E-state index contributed by atoms with van der Waals surface area (Å²) in [4.78, 5) is 26.3. The fourth-order valence-electron chi connectivity index (χ4n) is 1.31. The molecule has 1 unspecified atom stereocenters. The third kappa shape index (κ3) is 4.68. The summed E-state index contributed by atoms with van der Waals surface area (Å²) in [7, 11) is 0. The second kappa shape index (κ2) is 7.30. The van der Waals surface area contributed by atoms with Crippen LogP contribution in [0.5, 0.6) is 0 Å². The van der Waals surface area contributed by atoms with Gasteiger partial charge in [0.1, 0.15) is 17.0 Å². The van der Waals surface area contributed by atoms with Crippen molar-refractivity contribution < 1.29 is 19.1 Å². The highest BCUT2D eigenvalue weighted by Crippen LogP contribution is 2.14. The predicted molar refractivity (Wildman–Crippen MR) is 71.1 cm³/mol. The first kappa shape index (κ1) is 15.7. The largest absolute Gasteiger partial charge is 0.480 e. The van der Waals surface area contributed by atoms with Crippen LogP contribution in [0, 0.1) is 5.82 Å². The first-order valence-corrected chi connectivity index (χ1v) is 7.06. The Morgan fingerprint density at radius 1 is 1.63 bits per heavy atom. The zero-order valence-electron chi connectivity index (χ0n) is 10.0. The molecule has 0 aliphatic heterocycles. The van der Waals surface area contributed by atoms with Gasteiger partial charge in [-0.05, 0) is 24.5 Å². The Kier molecular flexibility index (Phi) is 6.04. The van der Waals surface area contributed by atoms with Crippen LogP contribution >= 0.6 is 23.4 Å². The van der Waals surface area contributed by atoms with E-state index in [1.165, 1.54) is 11.8 Å². The van der Waals surface area contributed by atoms with E-state index in [0.717, 1.165) is 12.3 Å². The quantitative estimate of drug-likeness (QED) is 0.784. The average molecular weight is 307 g/mol. The number of carbonyl (C=O) groups is 2. The Hall–Kier alpha value is -1.34. The molecule has 1 aromatic rings. The Bertz CT molecular complexity index is 487. The molecule has 0 fully saturated rings. The van der Waals surface area contributed by atoms with Crippen LogP contribution in [-0.4, -0.2) is 40.0 Å². The first-order valence-electron chi connectivity index (χ1n) is 5.29. The molecular weight excluding hydrogens is 295 g/mol. The molecule has 0 saturated carbocycles. The molecular formula is C11H12ClFN2O3S. The van der Waals surface area contributed by atoms with Gasteiger partial charge in [0.05, 0.1) is 11.8 Å². The molecule has 1 rings (SSSR count). The van der Waals surface area contributed by atoms with E-state index in [9.17, 15) is 14.0 Å². The van der Waals surface area contributed by atoms with E-state index in [1.807, 2.05) is 6.26 Å². The van der Waals surface area contributed by atoms with Crippen molar-refractivity contribution in [2.24, 2.45) is 0 Å². The van der Waals surface area contributed by atoms with Gasteiger partial charge in [-0.15, -0.1) is 0 Å². The standard InChI is InChI=1S/C11H12ClFN2O3S/c1-19-3-2-8(11(17)18)15-10(16)7-4-6(13)5-14-9(7)12/h4-5,8H,2-3H2,1H3,(H,15,16)(H,17,18). The Labute approximate surface area is 118 Å². The third-order valence-electron chi connectivity index (χ3n) is 2.26. The lowest BCUT2D eigenvalue weighted by Crippen LogP contribution is -2.41.